The number of Topliss-reactive ketones (excluding diaryl/α,β-unsaturated/α-hetero) is 1. The number of rotatable bonds is 10. The van der Waals surface area contributed by atoms with E-state index in [1.54, 1.807) is 29.2 Å². The molecule has 2 aromatic heterocycles. The highest BCUT2D eigenvalue weighted by molar-refractivity contribution is 6.38. The summed E-state index contributed by atoms with van der Waals surface area (Å²) in [6.45, 7) is 0.707. The van der Waals surface area contributed by atoms with E-state index in [1.165, 1.54) is 32.1 Å². The molecule has 1 fully saturated rings. The molecule has 1 saturated carbocycles. The molecule has 1 atom stereocenters. The molecule has 0 spiro atoms. The third-order valence-corrected chi connectivity index (χ3v) is 6.89. The van der Waals surface area contributed by atoms with Crippen molar-refractivity contribution in [2.24, 2.45) is 5.73 Å². The highest BCUT2D eigenvalue weighted by Gasteiger charge is 2.38. The predicted octanol–water partition coefficient (Wildman–Crippen LogP) is 3.06. The molecule has 43 heavy (non-hydrogen) atoms. The number of ketones is 1. The first-order chi connectivity index (χ1) is 20.4. The number of primary amides is 1. The maximum atomic E-state index is 13.3. The molecule has 0 bridgehead atoms. The first-order valence-electron chi connectivity index (χ1n) is 13.6. The molecule has 1 unspecified atom stereocenters. The van der Waals surface area contributed by atoms with Crippen LogP contribution in [0, 0.1) is 0 Å². The van der Waals surface area contributed by atoms with Crippen molar-refractivity contribution < 1.29 is 37.5 Å². The van der Waals surface area contributed by atoms with E-state index in [9.17, 15) is 27.6 Å². The van der Waals surface area contributed by atoms with E-state index in [0.717, 1.165) is 11.3 Å². The zero-order chi connectivity index (χ0) is 31.6. The molecule has 2 heterocycles. The lowest BCUT2D eigenvalue weighted by Gasteiger charge is -2.30. The van der Waals surface area contributed by atoms with Crippen LogP contribution in [0.3, 0.4) is 0 Å². The average Bonchev–Trinajstić information content (AvgIpc) is 3.45. The molecule has 0 radical (unpaired) electrons. The Morgan fingerprint density at radius 2 is 1.72 bits per heavy atom. The Morgan fingerprint density at radius 1 is 1.07 bits per heavy atom. The van der Waals surface area contributed by atoms with Crippen LogP contribution in [0.2, 0.25) is 0 Å². The van der Waals surface area contributed by atoms with Crippen LogP contribution in [0.1, 0.15) is 53.7 Å². The maximum absolute atomic E-state index is 13.3. The summed E-state index contributed by atoms with van der Waals surface area (Å²) in [5.74, 6) is -4.91. The van der Waals surface area contributed by atoms with E-state index in [1.807, 2.05) is 36.4 Å². The molecule has 0 aliphatic heterocycles. The van der Waals surface area contributed by atoms with E-state index < -0.39 is 35.8 Å². The Kier molecular flexibility index (Phi) is 11.5. The van der Waals surface area contributed by atoms with Crippen molar-refractivity contribution in [3.8, 4) is 5.82 Å². The van der Waals surface area contributed by atoms with Gasteiger partial charge in [0, 0.05) is 31.4 Å². The number of nitrogens with one attached hydrogen (secondary N) is 1. The summed E-state index contributed by atoms with van der Waals surface area (Å²) in [5.41, 5.74) is 7.17. The summed E-state index contributed by atoms with van der Waals surface area (Å²) < 4.78 is 33.3. The third kappa shape index (κ3) is 9.74. The van der Waals surface area contributed by atoms with Gasteiger partial charge in [0.25, 0.3) is 11.8 Å². The topological polar surface area (TPSA) is 161 Å². The number of aliphatic carboxylic acids is 1. The molecule has 0 saturated heterocycles. The number of halogens is 3. The van der Waals surface area contributed by atoms with Crippen molar-refractivity contribution >= 4 is 23.6 Å². The second kappa shape index (κ2) is 15.0. The molecule has 14 heteroatoms. The number of benzene rings is 1. The number of carboxylic acid groups (broad SMARTS) is 1. The quantitative estimate of drug-likeness (QED) is 0.299. The summed E-state index contributed by atoms with van der Waals surface area (Å²) >= 11 is 0. The van der Waals surface area contributed by atoms with E-state index in [0.29, 0.717) is 18.4 Å². The number of amides is 2. The number of nitrogens with zero attached hydrogens (tertiary/aromatic N) is 4. The smallest absolute Gasteiger partial charge is 0.475 e. The molecule has 2 amide bonds. The van der Waals surface area contributed by atoms with E-state index in [4.69, 9.17) is 15.6 Å². The Balaban J connectivity index is 0.000000646. The van der Waals surface area contributed by atoms with Gasteiger partial charge in [0.15, 0.2) is 5.82 Å². The van der Waals surface area contributed by atoms with Crippen LogP contribution >= 0.6 is 0 Å². The van der Waals surface area contributed by atoms with Gasteiger partial charge >= 0.3 is 12.1 Å². The number of aromatic nitrogens is 3. The van der Waals surface area contributed by atoms with Gasteiger partial charge in [-0.1, -0.05) is 49.6 Å². The molecule has 1 aromatic carbocycles. The first kappa shape index (κ1) is 32.9. The van der Waals surface area contributed by atoms with Crippen LogP contribution in [-0.4, -0.2) is 73.6 Å². The molecule has 1 aliphatic carbocycles. The van der Waals surface area contributed by atoms with Crippen molar-refractivity contribution in [2.75, 3.05) is 7.05 Å². The fraction of sp³-hybridized carbons (Fsp3) is 0.379. The summed E-state index contributed by atoms with van der Waals surface area (Å²) in [5, 5.41) is 14.5. The monoisotopic (exact) mass is 602 g/mol. The zero-order valence-corrected chi connectivity index (χ0v) is 23.5. The summed E-state index contributed by atoms with van der Waals surface area (Å²) in [4.78, 5) is 53.0. The van der Waals surface area contributed by atoms with Gasteiger partial charge in [-0.15, -0.1) is 0 Å². The van der Waals surface area contributed by atoms with Crippen molar-refractivity contribution in [1.82, 2.24) is 25.0 Å². The highest BCUT2D eigenvalue weighted by atomic mass is 19.4. The number of hydrogen-bond donors (Lipinski definition) is 3. The predicted molar refractivity (Wildman–Crippen MR) is 149 cm³/mol. The van der Waals surface area contributed by atoms with Crippen molar-refractivity contribution in [1.29, 1.82) is 0 Å². The lowest BCUT2D eigenvalue weighted by Crippen LogP contribution is -2.47. The van der Waals surface area contributed by atoms with E-state index in [2.05, 4.69) is 27.3 Å². The number of alkyl halides is 3. The third-order valence-electron chi connectivity index (χ3n) is 6.89. The molecular weight excluding hydrogens is 569 g/mol. The minimum Gasteiger partial charge on any atom is -0.475 e. The van der Waals surface area contributed by atoms with Gasteiger partial charge in [0.2, 0.25) is 5.78 Å². The van der Waals surface area contributed by atoms with E-state index >= 15 is 0 Å². The highest BCUT2D eigenvalue weighted by Crippen LogP contribution is 2.23. The Hall–Kier alpha value is -4.59. The number of hydrogen-bond acceptors (Lipinski definition) is 7. The molecule has 4 rings (SSSR count). The summed E-state index contributed by atoms with van der Waals surface area (Å²) in [6.07, 6.45) is 4.66. The van der Waals surface area contributed by atoms with Gasteiger partial charge in [-0.25, -0.2) is 14.5 Å². The Bertz CT molecular complexity index is 1410. The summed E-state index contributed by atoms with van der Waals surface area (Å²) in [6, 6.07) is 13.8. The number of carbonyl (C=O) groups excluding carboxylic acids is 3. The van der Waals surface area contributed by atoms with Gasteiger partial charge in [-0.2, -0.15) is 18.3 Å². The van der Waals surface area contributed by atoms with Gasteiger partial charge < -0.3 is 16.2 Å². The van der Waals surface area contributed by atoms with Crippen molar-refractivity contribution in [2.45, 2.75) is 63.3 Å². The molecule has 11 nitrogen and oxygen atoms in total. The second-order valence-corrected chi connectivity index (χ2v) is 10.1. The van der Waals surface area contributed by atoms with Gasteiger partial charge in [0.05, 0.1) is 11.3 Å². The number of nitrogens with two attached hydrogens (primary N) is 1. The van der Waals surface area contributed by atoms with Crippen LogP contribution in [0.5, 0.6) is 0 Å². The fourth-order valence-corrected chi connectivity index (χ4v) is 4.69. The molecular formula is C29H33F3N6O5. The van der Waals surface area contributed by atoms with Crippen molar-refractivity contribution in [3.05, 3.63) is 77.7 Å². The van der Waals surface area contributed by atoms with Gasteiger partial charge in [-0.05, 0) is 43.7 Å². The molecule has 230 valence electrons. The average molecular weight is 603 g/mol. The Morgan fingerprint density at radius 3 is 2.33 bits per heavy atom. The van der Waals surface area contributed by atoms with Crippen LogP contribution in [0.4, 0.5) is 13.2 Å². The molecule has 1 aliphatic rings. The normalized spacial score (nSPS) is 14.3. The van der Waals surface area contributed by atoms with Crippen LogP contribution in [0.25, 0.3) is 5.82 Å². The maximum Gasteiger partial charge on any atom is 0.490 e. The standard InChI is InChI=1S/C27H32N6O3.C2HF3O2/c1-32(21-11-6-3-7-12-21)18-20-14-16-33(31-20)26-22(13-8-15-29-26)27(36)30-23(24(34)25(28)35)17-19-9-4-2-5-10-19;3-2(4,5)1(6)7/h2,4-5,8-10,13-16,21,23H,3,6-7,11-12,17-18H2,1H3,(H2,28,35)(H,30,36);(H,6,7). The zero-order valence-electron chi connectivity index (χ0n) is 23.5. The minimum absolute atomic E-state index is 0.142. The van der Waals surface area contributed by atoms with E-state index in [-0.39, 0.29) is 12.0 Å². The Labute approximate surface area is 245 Å². The lowest BCUT2D eigenvalue weighted by atomic mass is 9.94. The SMILES string of the molecule is CN(Cc1ccn(-c2ncccc2C(=O)NC(Cc2ccccc2)C(=O)C(N)=O)n1)C1CCCCC1.O=C(O)C(F)(F)F. The number of carboxylic acids is 1. The van der Waals surface area contributed by atoms with Crippen LogP contribution in [0.15, 0.2) is 60.9 Å². The molecule has 4 N–H and O–H groups in total. The largest absolute Gasteiger partial charge is 0.490 e. The number of carbonyl (C=O) groups is 4. The van der Waals surface area contributed by atoms with Crippen LogP contribution in [-0.2, 0) is 27.3 Å². The summed E-state index contributed by atoms with van der Waals surface area (Å²) in [7, 11) is 2.12. The molecule has 3 aromatic rings. The van der Waals surface area contributed by atoms with Crippen molar-refractivity contribution in [3.63, 3.8) is 0 Å². The van der Waals surface area contributed by atoms with Gasteiger partial charge in [0.1, 0.15) is 6.04 Å². The fourth-order valence-electron chi connectivity index (χ4n) is 4.69. The number of pyridine rings is 1. The minimum atomic E-state index is -5.08. The second-order valence-electron chi connectivity index (χ2n) is 10.1. The van der Waals surface area contributed by atoms with Crippen LogP contribution < -0.4 is 11.1 Å². The lowest BCUT2D eigenvalue weighted by molar-refractivity contribution is -0.192. The van der Waals surface area contributed by atoms with Gasteiger partial charge in [-0.3, -0.25) is 19.3 Å². The first-order valence-corrected chi connectivity index (χ1v) is 13.6.